The first-order valence-corrected chi connectivity index (χ1v) is 17.4. The minimum absolute atomic E-state index is 0.0527. The maximum atomic E-state index is 11.3. The Bertz CT molecular complexity index is 879. The SMILES string of the molecule is CC(C)OC(C)(C)CC1CCC2C(CC3C4CCC5C6(CCCC(O)C5(C)C)CCC(C6)C4CCCC23C)O1. The van der Waals surface area contributed by atoms with Crippen molar-refractivity contribution in [2.75, 3.05) is 0 Å². The molecule has 0 aromatic heterocycles. The van der Waals surface area contributed by atoms with Crippen molar-refractivity contribution in [1.82, 2.24) is 0 Å². The van der Waals surface area contributed by atoms with Crippen LogP contribution >= 0.6 is 0 Å². The number of aliphatic hydroxyl groups is 1. The van der Waals surface area contributed by atoms with Gasteiger partial charge >= 0.3 is 0 Å². The lowest BCUT2D eigenvalue weighted by Crippen LogP contribution is -2.45. The molecule has 2 bridgehead atoms. The number of aliphatic hydroxyl groups excluding tert-OH is 1. The molecule has 1 heterocycles. The molecular weight excluding hydrogens is 480 g/mol. The van der Waals surface area contributed by atoms with E-state index >= 15 is 0 Å². The number of hydrogen-bond donors (Lipinski definition) is 1. The number of ether oxygens (including phenoxy) is 2. The quantitative estimate of drug-likeness (QED) is 0.385. The highest BCUT2D eigenvalue weighted by atomic mass is 16.5. The van der Waals surface area contributed by atoms with Crippen LogP contribution in [0, 0.1) is 51.8 Å². The molecule has 0 aromatic carbocycles. The summed E-state index contributed by atoms with van der Waals surface area (Å²) >= 11 is 0. The molecule has 6 fully saturated rings. The Morgan fingerprint density at radius 1 is 0.872 bits per heavy atom. The molecule has 3 heteroatoms. The van der Waals surface area contributed by atoms with Gasteiger partial charge in [0.1, 0.15) is 0 Å². The fraction of sp³-hybridized carbons (Fsp3) is 1.00. The minimum Gasteiger partial charge on any atom is -0.393 e. The largest absolute Gasteiger partial charge is 0.393 e. The molecule has 1 aliphatic heterocycles. The van der Waals surface area contributed by atoms with Crippen molar-refractivity contribution in [3.05, 3.63) is 0 Å². The molecule has 224 valence electrons. The van der Waals surface area contributed by atoms with Crippen LogP contribution < -0.4 is 0 Å². The van der Waals surface area contributed by atoms with Crippen LogP contribution in [0.3, 0.4) is 0 Å². The molecular formula is C36H62O3. The summed E-state index contributed by atoms with van der Waals surface area (Å²) in [7, 11) is 0. The van der Waals surface area contributed by atoms with Gasteiger partial charge in [0.2, 0.25) is 0 Å². The van der Waals surface area contributed by atoms with Crippen LogP contribution in [0.5, 0.6) is 0 Å². The van der Waals surface area contributed by atoms with E-state index in [0.717, 1.165) is 42.4 Å². The molecule has 6 rings (SSSR count). The van der Waals surface area contributed by atoms with Gasteiger partial charge in [0.15, 0.2) is 0 Å². The van der Waals surface area contributed by atoms with Crippen molar-refractivity contribution in [3.8, 4) is 0 Å². The van der Waals surface area contributed by atoms with Crippen molar-refractivity contribution < 1.29 is 14.6 Å². The maximum absolute atomic E-state index is 11.3. The third kappa shape index (κ3) is 4.99. The Kier molecular flexibility index (Phi) is 7.62. The van der Waals surface area contributed by atoms with Gasteiger partial charge < -0.3 is 14.6 Å². The first-order chi connectivity index (χ1) is 18.3. The Hall–Kier alpha value is -0.120. The van der Waals surface area contributed by atoms with Gasteiger partial charge in [0, 0.05) is 6.42 Å². The molecule has 3 nitrogen and oxygen atoms in total. The normalized spacial score (nSPS) is 49.6. The standard InChI is InChI=1S/C36H62O3/c1-23(2)39-33(3,4)22-25-12-14-28-30(38-25)20-29-27-13-15-31-34(5,6)32(37)11-9-18-36(31)19-16-24(21-36)26(27)10-8-17-35(28,29)7/h23-32,37H,8-22H2,1-7H3. The van der Waals surface area contributed by atoms with E-state index in [2.05, 4.69) is 48.5 Å². The smallest absolute Gasteiger partial charge is 0.0654 e. The monoisotopic (exact) mass is 542 g/mol. The molecule has 1 spiro atoms. The fourth-order valence-electron chi connectivity index (χ4n) is 12.7. The van der Waals surface area contributed by atoms with Gasteiger partial charge in [-0.05, 0) is 156 Å². The second kappa shape index (κ2) is 10.3. The van der Waals surface area contributed by atoms with E-state index in [1.807, 2.05) is 0 Å². The van der Waals surface area contributed by atoms with Gasteiger partial charge in [0.25, 0.3) is 0 Å². The van der Waals surface area contributed by atoms with Crippen LogP contribution in [-0.2, 0) is 9.47 Å². The molecule has 5 saturated carbocycles. The highest BCUT2D eigenvalue weighted by molar-refractivity contribution is 5.11. The van der Waals surface area contributed by atoms with Crippen molar-refractivity contribution in [2.45, 2.75) is 175 Å². The Morgan fingerprint density at radius 2 is 1.64 bits per heavy atom. The summed E-state index contributed by atoms with van der Waals surface area (Å²) in [6.07, 6.45) is 20.9. The fourth-order valence-corrected chi connectivity index (χ4v) is 12.7. The van der Waals surface area contributed by atoms with E-state index in [-0.39, 0.29) is 23.2 Å². The van der Waals surface area contributed by atoms with Crippen LogP contribution in [0.1, 0.15) is 145 Å². The molecule has 0 radical (unpaired) electrons. The van der Waals surface area contributed by atoms with Crippen LogP contribution in [-0.4, -0.2) is 35.1 Å². The maximum Gasteiger partial charge on any atom is 0.0654 e. The first kappa shape index (κ1) is 29.0. The van der Waals surface area contributed by atoms with E-state index in [9.17, 15) is 5.11 Å². The van der Waals surface area contributed by atoms with Crippen LogP contribution in [0.2, 0.25) is 0 Å². The van der Waals surface area contributed by atoms with Crippen LogP contribution in [0.15, 0.2) is 0 Å². The third-order valence-electron chi connectivity index (χ3n) is 14.1. The zero-order valence-corrected chi connectivity index (χ0v) is 26.6. The summed E-state index contributed by atoms with van der Waals surface area (Å²) in [5.41, 5.74) is 0.897. The molecule has 1 N–H and O–H groups in total. The van der Waals surface area contributed by atoms with Gasteiger partial charge in [-0.25, -0.2) is 0 Å². The summed E-state index contributed by atoms with van der Waals surface area (Å²) in [6.45, 7) is 16.4. The van der Waals surface area contributed by atoms with Gasteiger partial charge in [-0.2, -0.15) is 0 Å². The number of hydrogen-bond acceptors (Lipinski definition) is 3. The summed E-state index contributed by atoms with van der Waals surface area (Å²) in [5, 5.41) is 11.3. The first-order valence-electron chi connectivity index (χ1n) is 17.4. The third-order valence-corrected chi connectivity index (χ3v) is 14.1. The van der Waals surface area contributed by atoms with Gasteiger partial charge in [-0.15, -0.1) is 0 Å². The van der Waals surface area contributed by atoms with E-state index in [4.69, 9.17) is 9.47 Å². The average Bonchev–Trinajstić information content (AvgIpc) is 3.32. The molecule has 1 saturated heterocycles. The zero-order valence-electron chi connectivity index (χ0n) is 26.6. The Morgan fingerprint density at radius 3 is 2.41 bits per heavy atom. The predicted octanol–water partition coefficient (Wildman–Crippen LogP) is 8.95. The zero-order chi connectivity index (χ0) is 27.8. The van der Waals surface area contributed by atoms with Crippen molar-refractivity contribution in [3.63, 3.8) is 0 Å². The van der Waals surface area contributed by atoms with Crippen molar-refractivity contribution in [2.24, 2.45) is 51.8 Å². The molecule has 0 amide bonds. The predicted molar refractivity (Wildman–Crippen MR) is 159 cm³/mol. The molecule has 0 aromatic rings. The lowest BCUT2D eigenvalue weighted by molar-refractivity contribution is -0.134. The molecule has 11 unspecified atom stereocenters. The van der Waals surface area contributed by atoms with Crippen LogP contribution in [0.25, 0.3) is 0 Å². The molecule has 11 atom stereocenters. The van der Waals surface area contributed by atoms with Gasteiger partial charge in [-0.1, -0.05) is 33.6 Å². The lowest BCUT2D eigenvalue weighted by atomic mass is 9.55. The van der Waals surface area contributed by atoms with Gasteiger partial charge in [-0.3, -0.25) is 0 Å². The average molecular weight is 543 g/mol. The second-order valence-corrected chi connectivity index (χ2v) is 17.4. The molecule has 5 aliphatic carbocycles. The highest BCUT2D eigenvalue weighted by Crippen LogP contribution is 2.68. The van der Waals surface area contributed by atoms with E-state index in [1.54, 1.807) is 0 Å². The number of fused-ring (bicyclic) bond motifs is 7. The van der Waals surface area contributed by atoms with E-state index < -0.39 is 0 Å². The number of rotatable bonds is 4. The molecule has 6 aliphatic rings. The van der Waals surface area contributed by atoms with E-state index in [0.29, 0.717) is 29.0 Å². The van der Waals surface area contributed by atoms with E-state index in [1.165, 1.54) is 83.5 Å². The summed E-state index contributed by atoms with van der Waals surface area (Å²) in [6, 6.07) is 0. The second-order valence-electron chi connectivity index (χ2n) is 17.4. The van der Waals surface area contributed by atoms with Crippen molar-refractivity contribution in [1.29, 1.82) is 0 Å². The summed E-state index contributed by atoms with van der Waals surface area (Å²) < 4.78 is 13.3. The highest BCUT2D eigenvalue weighted by Gasteiger charge is 2.61. The summed E-state index contributed by atoms with van der Waals surface area (Å²) in [5.74, 6) is 4.99. The van der Waals surface area contributed by atoms with Crippen LogP contribution in [0.4, 0.5) is 0 Å². The lowest BCUT2D eigenvalue weighted by Gasteiger charge is -2.50. The Balaban J connectivity index is 1.24. The summed E-state index contributed by atoms with van der Waals surface area (Å²) in [4.78, 5) is 0. The Labute approximate surface area is 240 Å². The minimum atomic E-state index is -0.126. The molecule has 39 heavy (non-hydrogen) atoms. The topological polar surface area (TPSA) is 38.7 Å². The van der Waals surface area contributed by atoms with Crippen molar-refractivity contribution >= 4 is 0 Å². The van der Waals surface area contributed by atoms with Gasteiger partial charge in [0.05, 0.1) is 30.0 Å².